The number of nitrogens with one attached hydrogen (secondary N) is 1. The number of hydrogen-bond donors (Lipinski definition) is 2. The van der Waals surface area contributed by atoms with Gasteiger partial charge in [0.15, 0.2) is 0 Å². The molecular weight excluding hydrogens is 522 g/mol. The lowest BCUT2D eigenvalue weighted by molar-refractivity contribution is 0.121. The molecule has 0 saturated carbocycles. The lowest BCUT2D eigenvalue weighted by atomic mass is 10.2. The number of nitrogens with zero attached hydrogens (tertiary/aromatic N) is 6. The monoisotopic (exact) mass is 541 g/mol. The summed E-state index contributed by atoms with van der Waals surface area (Å²) in [7, 11) is 0. The number of aromatic hydroxyl groups is 1. The number of phenols is 1. The van der Waals surface area contributed by atoms with Crippen LogP contribution in [-0.4, -0.2) is 78.9 Å². The molecule has 10 nitrogen and oxygen atoms in total. The minimum Gasteiger partial charge on any atom is -0.506 e. The van der Waals surface area contributed by atoms with E-state index in [4.69, 9.17) is 9.47 Å². The first-order valence-corrected chi connectivity index (χ1v) is 11.1. The molecule has 1 aromatic carbocycles. The second kappa shape index (κ2) is 9.86. The molecule has 2 N–H and O–H groups in total. The lowest BCUT2D eigenvalue weighted by Crippen LogP contribution is -2.40. The highest BCUT2D eigenvalue weighted by Crippen LogP contribution is 2.32. The molecule has 2 fully saturated rings. The van der Waals surface area contributed by atoms with E-state index < -0.39 is 0 Å². The number of anilines is 3. The van der Waals surface area contributed by atoms with Crippen LogP contribution in [0.5, 0.6) is 5.75 Å². The van der Waals surface area contributed by atoms with Crippen LogP contribution in [0.3, 0.4) is 0 Å². The van der Waals surface area contributed by atoms with Crippen molar-refractivity contribution in [2.75, 3.05) is 67.8 Å². The summed E-state index contributed by atoms with van der Waals surface area (Å²) < 4.78 is 12.0. The number of hydrazone groups is 1. The summed E-state index contributed by atoms with van der Waals surface area (Å²) in [4.78, 5) is 17.9. The molecule has 0 unspecified atom stereocenters. The molecule has 0 radical (unpaired) electrons. The highest BCUT2D eigenvalue weighted by molar-refractivity contribution is 9.11. The van der Waals surface area contributed by atoms with Crippen LogP contribution in [0.15, 0.2) is 26.2 Å². The van der Waals surface area contributed by atoms with Crippen molar-refractivity contribution >= 4 is 55.9 Å². The van der Waals surface area contributed by atoms with Crippen LogP contribution in [0.25, 0.3) is 0 Å². The van der Waals surface area contributed by atoms with Crippen LogP contribution < -0.4 is 15.2 Å². The van der Waals surface area contributed by atoms with Gasteiger partial charge < -0.3 is 24.4 Å². The molecule has 0 aliphatic carbocycles. The Labute approximate surface area is 190 Å². The molecule has 4 rings (SSSR count). The summed E-state index contributed by atoms with van der Waals surface area (Å²) in [5, 5.41) is 14.1. The van der Waals surface area contributed by atoms with Crippen molar-refractivity contribution in [3.8, 4) is 5.75 Å². The normalized spacial score (nSPS) is 17.5. The number of ether oxygens (including phenoxy) is 2. The van der Waals surface area contributed by atoms with Gasteiger partial charge in [0.25, 0.3) is 0 Å². The van der Waals surface area contributed by atoms with Crippen molar-refractivity contribution in [2.45, 2.75) is 0 Å². The van der Waals surface area contributed by atoms with Crippen molar-refractivity contribution in [3.63, 3.8) is 0 Å². The molecule has 0 atom stereocenters. The number of halogens is 2. The zero-order valence-corrected chi connectivity index (χ0v) is 19.3. The van der Waals surface area contributed by atoms with Crippen molar-refractivity contribution in [3.05, 3.63) is 26.6 Å². The van der Waals surface area contributed by atoms with Crippen LogP contribution in [0.1, 0.15) is 5.56 Å². The Morgan fingerprint density at radius 2 is 1.40 bits per heavy atom. The lowest BCUT2D eigenvalue weighted by Gasteiger charge is -2.30. The highest BCUT2D eigenvalue weighted by atomic mass is 79.9. The van der Waals surface area contributed by atoms with Crippen LogP contribution in [0.4, 0.5) is 17.8 Å². The minimum absolute atomic E-state index is 0.142. The Kier molecular flexibility index (Phi) is 6.97. The zero-order chi connectivity index (χ0) is 20.9. The predicted molar refractivity (Wildman–Crippen MR) is 121 cm³/mol. The Balaban J connectivity index is 1.56. The van der Waals surface area contributed by atoms with Gasteiger partial charge in [-0.25, -0.2) is 5.43 Å². The number of aromatic nitrogens is 3. The first kappa shape index (κ1) is 21.2. The molecule has 12 heteroatoms. The van der Waals surface area contributed by atoms with E-state index in [9.17, 15) is 5.11 Å². The summed E-state index contributed by atoms with van der Waals surface area (Å²) in [5.41, 5.74) is 3.69. The fraction of sp³-hybridized carbons (Fsp3) is 0.444. The second-order valence-electron chi connectivity index (χ2n) is 6.66. The molecule has 30 heavy (non-hydrogen) atoms. The molecule has 2 saturated heterocycles. The molecular formula is C18H21Br2N7O3. The van der Waals surface area contributed by atoms with Gasteiger partial charge in [-0.15, -0.1) is 0 Å². The number of phenolic OH excluding ortho intramolecular Hbond substituents is 1. The summed E-state index contributed by atoms with van der Waals surface area (Å²) in [6, 6.07) is 3.52. The maximum absolute atomic E-state index is 9.83. The molecule has 2 aliphatic heterocycles. The van der Waals surface area contributed by atoms with Crippen LogP contribution in [0.2, 0.25) is 0 Å². The number of rotatable bonds is 5. The van der Waals surface area contributed by atoms with E-state index in [2.05, 4.69) is 67.1 Å². The number of morpholine rings is 2. The Morgan fingerprint density at radius 1 is 0.900 bits per heavy atom. The van der Waals surface area contributed by atoms with E-state index in [1.807, 2.05) is 0 Å². The predicted octanol–water partition coefficient (Wildman–Crippen LogP) is 2.22. The molecule has 2 aromatic rings. The zero-order valence-electron chi connectivity index (χ0n) is 16.1. The van der Waals surface area contributed by atoms with Crippen molar-refractivity contribution in [1.82, 2.24) is 15.0 Å². The number of benzene rings is 1. The third kappa shape index (κ3) is 5.17. The SMILES string of the molecule is Oc1c(Br)cc(/C=N\Nc2nc(N3CCOCC3)nc(N3CCOCC3)n2)cc1Br. The molecule has 1 aromatic heterocycles. The standard InChI is InChI=1S/C18H21Br2N7O3/c19-13-9-12(10-14(20)15(13)28)11-21-25-16-22-17(26-1-5-29-6-2-26)24-18(23-16)27-3-7-30-8-4-27/h9-11,28H,1-8H2,(H,22,23,24,25)/b21-11-. The van der Waals surface area contributed by atoms with E-state index in [1.54, 1.807) is 18.3 Å². The Morgan fingerprint density at radius 3 is 1.90 bits per heavy atom. The van der Waals surface area contributed by atoms with Gasteiger partial charge >= 0.3 is 0 Å². The van der Waals surface area contributed by atoms with Gasteiger partial charge in [0.2, 0.25) is 17.8 Å². The second-order valence-corrected chi connectivity index (χ2v) is 8.37. The molecule has 2 aliphatic rings. The molecule has 0 bridgehead atoms. The Hall–Kier alpha value is -2.02. The van der Waals surface area contributed by atoms with Crippen molar-refractivity contribution < 1.29 is 14.6 Å². The van der Waals surface area contributed by atoms with E-state index in [1.165, 1.54) is 0 Å². The van der Waals surface area contributed by atoms with Gasteiger partial charge in [-0.2, -0.15) is 20.1 Å². The average molecular weight is 543 g/mol. The fourth-order valence-corrected chi connectivity index (χ4v) is 4.26. The molecule has 160 valence electrons. The highest BCUT2D eigenvalue weighted by Gasteiger charge is 2.20. The Bertz CT molecular complexity index is 859. The van der Waals surface area contributed by atoms with E-state index in [-0.39, 0.29) is 5.75 Å². The summed E-state index contributed by atoms with van der Waals surface area (Å²) in [6.45, 7) is 5.48. The van der Waals surface area contributed by atoms with Crippen LogP contribution >= 0.6 is 31.9 Å². The first-order valence-electron chi connectivity index (χ1n) is 9.49. The van der Waals surface area contributed by atoms with Gasteiger partial charge in [0.05, 0.1) is 41.6 Å². The average Bonchev–Trinajstić information content (AvgIpc) is 2.78. The van der Waals surface area contributed by atoms with Gasteiger partial charge in [-0.1, -0.05) is 0 Å². The van der Waals surface area contributed by atoms with Gasteiger partial charge in [0.1, 0.15) is 5.75 Å². The summed E-state index contributed by atoms with van der Waals surface area (Å²) in [6.07, 6.45) is 1.63. The maximum Gasteiger partial charge on any atom is 0.250 e. The topological polar surface area (TPSA) is 108 Å². The van der Waals surface area contributed by atoms with Crippen LogP contribution in [-0.2, 0) is 9.47 Å². The quantitative estimate of drug-likeness (QED) is 0.434. The van der Waals surface area contributed by atoms with Crippen molar-refractivity contribution in [1.29, 1.82) is 0 Å². The van der Waals surface area contributed by atoms with E-state index >= 15 is 0 Å². The van der Waals surface area contributed by atoms with Crippen LogP contribution in [0, 0.1) is 0 Å². The van der Waals surface area contributed by atoms with Gasteiger partial charge in [-0.3, -0.25) is 0 Å². The first-order chi connectivity index (χ1) is 14.6. The largest absolute Gasteiger partial charge is 0.506 e. The third-order valence-electron chi connectivity index (χ3n) is 4.62. The summed E-state index contributed by atoms with van der Waals surface area (Å²) in [5.74, 6) is 1.70. The fourth-order valence-electron chi connectivity index (χ4n) is 3.04. The number of hydrogen-bond acceptors (Lipinski definition) is 10. The molecule has 3 heterocycles. The third-order valence-corrected chi connectivity index (χ3v) is 5.83. The van der Waals surface area contributed by atoms with E-state index in [0.717, 1.165) is 31.7 Å². The molecule has 0 spiro atoms. The van der Waals surface area contributed by atoms with E-state index in [0.29, 0.717) is 53.2 Å². The van der Waals surface area contributed by atoms with Gasteiger partial charge in [0, 0.05) is 26.2 Å². The maximum atomic E-state index is 9.83. The molecule has 0 amide bonds. The smallest absolute Gasteiger partial charge is 0.250 e. The van der Waals surface area contributed by atoms with Gasteiger partial charge in [-0.05, 0) is 49.6 Å². The minimum atomic E-state index is 0.142. The summed E-state index contributed by atoms with van der Waals surface area (Å²) >= 11 is 6.63. The van der Waals surface area contributed by atoms with Crippen molar-refractivity contribution in [2.24, 2.45) is 5.10 Å².